The van der Waals surface area contributed by atoms with Crippen LogP contribution in [0.25, 0.3) is 0 Å². The number of benzene rings is 1. The molecule has 1 amide bonds. The van der Waals surface area contributed by atoms with Crippen molar-refractivity contribution in [2.45, 2.75) is 32.7 Å². The van der Waals surface area contributed by atoms with Crippen LogP contribution in [0.4, 0.5) is 16.6 Å². The van der Waals surface area contributed by atoms with Gasteiger partial charge >= 0.3 is 0 Å². The van der Waals surface area contributed by atoms with Gasteiger partial charge in [0.1, 0.15) is 10.7 Å². The molecule has 1 aliphatic carbocycles. The van der Waals surface area contributed by atoms with Crippen LogP contribution in [-0.4, -0.2) is 16.9 Å². The molecule has 0 radical (unpaired) electrons. The van der Waals surface area contributed by atoms with Crippen molar-refractivity contribution in [3.8, 4) is 0 Å². The van der Waals surface area contributed by atoms with Gasteiger partial charge in [-0.1, -0.05) is 29.5 Å². The van der Waals surface area contributed by atoms with Crippen molar-refractivity contribution in [3.63, 3.8) is 0 Å². The largest absolute Gasteiger partial charge is 0.382 e. The minimum Gasteiger partial charge on any atom is -0.382 e. The van der Waals surface area contributed by atoms with E-state index < -0.39 is 0 Å². The first kappa shape index (κ1) is 13.9. The fourth-order valence-electron chi connectivity index (χ4n) is 2.14. The van der Waals surface area contributed by atoms with Crippen LogP contribution in [0, 0.1) is 13.8 Å². The Labute approximate surface area is 127 Å². The van der Waals surface area contributed by atoms with E-state index in [0.29, 0.717) is 10.9 Å². The van der Waals surface area contributed by atoms with Crippen LogP contribution < -0.4 is 16.4 Å². The monoisotopic (exact) mass is 302 g/mol. The Balaban J connectivity index is 1.80. The number of carbonyl (C=O) groups is 1. The van der Waals surface area contributed by atoms with E-state index >= 15 is 0 Å². The number of para-hydroxylation sites is 1. The van der Waals surface area contributed by atoms with Crippen molar-refractivity contribution in [2.24, 2.45) is 0 Å². The van der Waals surface area contributed by atoms with E-state index in [1.165, 1.54) is 11.3 Å². The number of nitrogen functional groups attached to an aromatic ring is 1. The Kier molecular flexibility index (Phi) is 3.55. The Morgan fingerprint density at radius 2 is 2.00 bits per heavy atom. The molecule has 1 saturated carbocycles. The van der Waals surface area contributed by atoms with Crippen molar-refractivity contribution in [2.75, 3.05) is 16.4 Å². The van der Waals surface area contributed by atoms with Gasteiger partial charge < -0.3 is 16.4 Å². The number of nitrogens with two attached hydrogens (primary N) is 1. The molecule has 1 heterocycles. The minimum absolute atomic E-state index is 0.203. The number of nitrogens with zero attached hydrogens (tertiary/aromatic N) is 1. The summed E-state index contributed by atoms with van der Waals surface area (Å²) in [6.07, 6.45) is 2.31. The fraction of sp³-hybridized carbons (Fsp3) is 0.333. The summed E-state index contributed by atoms with van der Waals surface area (Å²) in [4.78, 5) is 17.1. The lowest BCUT2D eigenvalue weighted by atomic mass is 10.1. The van der Waals surface area contributed by atoms with Crippen LogP contribution in [0.5, 0.6) is 0 Å². The summed E-state index contributed by atoms with van der Waals surface area (Å²) in [5, 5.41) is 6.93. The minimum atomic E-state index is -0.203. The van der Waals surface area contributed by atoms with Gasteiger partial charge in [0.15, 0.2) is 5.13 Å². The predicted molar refractivity (Wildman–Crippen MR) is 87.0 cm³/mol. The zero-order chi connectivity index (χ0) is 15.0. The number of hydrogen-bond donors (Lipinski definition) is 3. The van der Waals surface area contributed by atoms with Crippen LogP contribution in [0.1, 0.15) is 33.6 Å². The van der Waals surface area contributed by atoms with E-state index in [1.54, 1.807) is 0 Å². The third kappa shape index (κ3) is 3.00. The van der Waals surface area contributed by atoms with Gasteiger partial charge in [0.2, 0.25) is 0 Å². The molecule has 0 saturated heterocycles. The zero-order valence-electron chi connectivity index (χ0n) is 12.1. The van der Waals surface area contributed by atoms with Crippen molar-refractivity contribution in [3.05, 3.63) is 34.2 Å². The molecule has 1 aliphatic rings. The number of rotatable bonds is 4. The van der Waals surface area contributed by atoms with Crippen LogP contribution in [0.3, 0.4) is 0 Å². The van der Waals surface area contributed by atoms with Crippen molar-refractivity contribution >= 4 is 33.9 Å². The Morgan fingerprint density at radius 1 is 1.33 bits per heavy atom. The first-order valence-electron chi connectivity index (χ1n) is 6.95. The molecule has 5 nitrogen and oxygen atoms in total. The smallest absolute Gasteiger partial charge is 0.269 e. The number of aryl methyl sites for hydroxylation is 2. The lowest BCUT2D eigenvalue weighted by Gasteiger charge is -2.10. The first-order chi connectivity index (χ1) is 10.0. The van der Waals surface area contributed by atoms with E-state index in [0.717, 1.165) is 34.8 Å². The predicted octanol–water partition coefficient (Wildman–Crippen LogP) is 3.17. The number of anilines is 3. The van der Waals surface area contributed by atoms with E-state index in [1.807, 2.05) is 32.0 Å². The summed E-state index contributed by atoms with van der Waals surface area (Å²) in [6, 6.07) is 6.40. The molecule has 1 aromatic heterocycles. The van der Waals surface area contributed by atoms with Crippen LogP contribution in [0.15, 0.2) is 18.2 Å². The molecule has 1 fully saturated rings. The van der Waals surface area contributed by atoms with E-state index in [-0.39, 0.29) is 11.7 Å². The standard InChI is InChI=1S/C15H18N4OS/c1-8-4-3-5-9(2)11(8)18-14(20)12-13(16)19-15(21-12)17-10-6-7-10/h3-5,10H,6-7,16H2,1-2H3,(H,17,19)(H,18,20). The molecule has 110 valence electrons. The maximum absolute atomic E-state index is 12.4. The normalized spacial score (nSPS) is 14.0. The second-order valence-corrected chi connectivity index (χ2v) is 6.37. The van der Waals surface area contributed by atoms with Gasteiger partial charge in [0, 0.05) is 11.7 Å². The maximum Gasteiger partial charge on any atom is 0.269 e. The molecule has 0 aliphatic heterocycles. The highest BCUT2D eigenvalue weighted by molar-refractivity contribution is 7.18. The summed E-state index contributed by atoms with van der Waals surface area (Å²) in [6.45, 7) is 3.94. The summed E-state index contributed by atoms with van der Waals surface area (Å²) < 4.78 is 0. The molecular weight excluding hydrogens is 284 g/mol. The highest BCUT2D eigenvalue weighted by Gasteiger charge is 2.24. The first-order valence-corrected chi connectivity index (χ1v) is 7.76. The van der Waals surface area contributed by atoms with E-state index in [4.69, 9.17) is 5.73 Å². The quantitative estimate of drug-likeness (QED) is 0.810. The lowest BCUT2D eigenvalue weighted by Crippen LogP contribution is -2.14. The third-order valence-corrected chi connectivity index (χ3v) is 4.49. The third-order valence-electron chi connectivity index (χ3n) is 3.48. The van der Waals surface area contributed by atoms with Gasteiger partial charge in [0.25, 0.3) is 5.91 Å². The Morgan fingerprint density at radius 3 is 2.62 bits per heavy atom. The molecule has 0 spiro atoms. The number of carbonyl (C=O) groups excluding carboxylic acids is 1. The van der Waals surface area contributed by atoms with Gasteiger partial charge in [-0.2, -0.15) is 0 Å². The average Bonchev–Trinajstić information content (AvgIpc) is 3.16. The number of aromatic nitrogens is 1. The van der Waals surface area contributed by atoms with Gasteiger partial charge in [-0.15, -0.1) is 0 Å². The van der Waals surface area contributed by atoms with E-state index in [2.05, 4.69) is 15.6 Å². The lowest BCUT2D eigenvalue weighted by molar-refractivity contribution is 0.103. The molecule has 0 bridgehead atoms. The Hall–Kier alpha value is -2.08. The molecule has 2 aromatic rings. The number of hydrogen-bond acceptors (Lipinski definition) is 5. The number of amides is 1. The van der Waals surface area contributed by atoms with Crippen LogP contribution in [-0.2, 0) is 0 Å². The van der Waals surface area contributed by atoms with Crippen molar-refractivity contribution in [1.29, 1.82) is 0 Å². The fourth-order valence-corrected chi connectivity index (χ4v) is 3.00. The maximum atomic E-state index is 12.4. The van der Waals surface area contributed by atoms with Crippen molar-refractivity contribution < 1.29 is 4.79 Å². The second kappa shape index (κ2) is 5.37. The van der Waals surface area contributed by atoms with E-state index in [9.17, 15) is 4.79 Å². The molecule has 0 atom stereocenters. The Bertz CT molecular complexity index is 671. The molecule has 21 heavy (non-hydrogen) atoms. The summed E-state index contributed by atoms with van der Waals surface area (Å²) in [5.74, 6) is 0.0816. The van der Waals surface area contributed by atoms with Gasteiger partial charge in [-0.05, 0) is 37.8 Å². The highest BCUT2D eigenvalue weighted by atomic mass is 32.1. The summed E-state index contributed by atoms with van der Waals surface area (Å²) >= 11 is 1.31. The summed E-state index contributed by atoms with van der Waals surface area (Å²) in [7, 11) is 0. The summed E-state index contributed by atoms with van der Waals surface area (Å²) in [5.41, 5.74) is 8.77. The van der Waals surface area contributed by atoms with Crippen LogP contribution >= 0.6 is 11.3 Å². The van der Waals surface area contributed by atoms with Gasteiger partial charge in [-0.3, -0.25) is 4.79 Å². The second-order valence-electron chi connectivity index (χ2n) is 5.37. The number of nitrogens with one attached hydrogen (secondary N) is 2. The zero-order valence-corrected chi connectivity index (χ0v) is 12.9. The number of thiazole rings is 1. The molecular formula is C15H18N4OS. The van der Waals surface area contributed by atoms with Gasteiger partial charge in [0.05, 0.1) is 0 Å². The van der Waals surface area contributed by atoms with Crippen molar-refractivity contribution in [1.82, 2.24) is 4.98 Å². The SMILES string of the molecule is Cc1cccc(C)c1NC(=O)c1sc(NC2CC2)nc1N. The average molecular weight is 302 g/mol. The van der Waals surface area contributed by atoms with Gasteiger partial charge in [-0.25, -0.2) is 4.98 Å². The molecule has 1 aromatic carbocycles. The van der Waals surface area contributed by atoms with Crippen LogP contribution in [0.2, 0.25) is 0 Å². The molecule has 6 heteroatoms. The topological polar surface area (TPSA) is 80.0 Å². The molecule has 0 unspecified atom stereocenters. The molecule has 4 N–H and O–H groups in total. The molecule has 3 rings (SSSR count). The highest BCUT2D eigenvalue weighted by Crippen LogP contribution is 2.31.